The van der Waals surface area contributed by atoms with E-state index in [0.717, 1.165) is 26.2 Å². The quantitative estimate of drug-likeness (QED) is 0.332. The maximum Gasteiger partial charge on any atom is 0.0107 e. The van der Waals surface area contributed by atoms with Gasteiger partial charge in [-0.3, -0.25) is 0 Å². The third kappa shape index (κ3) is 32.0. The topological polar surface area (TPSA) is 22.7 Å². The molecule has 0 aliphatic rings. The normalized spacial score (nSPS) is 11.8. The Kier molecular flexibility index (Phi) is 26.1. The van der Waals surface area contributed by atoms with Gasteiger partial charge in [-0.25, -0.2) is 0 Å². The van der Waals surface area contributed by atoms with Gasteiger partial charge in [0.05, 0.1) is 0 Å². The van der Waals surface area contributed by atoms with Crippen LogP contribution in [0.3, 0.4) is 0 Å². The van der Waals surface area contributed by atoms with Crippen LogP contribution in [0.1, 0.15) is 20.3 Å². The van der Waals surface area contributed by atoms with Crippen molar-refractivity contribution in [3.8, 4) is 0 Å². The van der Waals surface area contributed by atoms with Crippen LogP contribution in [-0.2, 0) is 0 Å². The van der Waals surface area contributed by atoms with Gasteiger partial charge in [-0.05, 0) is 117 Å². The van der Waals surface area contributed by atoms with Crippen molar-refractivity contribution in [2.45, 2.75) is 20.3 Å². The lowest BCUT2D eigenvalue weighted by atomic mass is 10.3. The maximum absolute atomic E-state index is 2.44. The number of hydrogen-bond acceptors (Lipinski definition) is 7. The third-order valence-corrected chi connectivity index (χ3v) is 5.01. The molecule has 0 rings (SSSR count). The van der Waals surface area contributed by atoms with Gasteiger partial charge in [0.15, 0.2) is 0 Å². The highest BCUT2D eigenvalue weighted by molar-refractivity contribution is 4.59. The molecule has 7 nitrogen and oxygen atoms in total. The molecule has 0 aromatic heterocycles. The van der Waals surface area contributed by atoms with Gasteiger partial charge in [-0.2, -0.15) is 0 Å². The van der Waals surface area contributed by atoms with Crippen molar-refractivity contribution in [1.82, 2.24) is 34.3 Å². The second-order valence-electron chi connectivity index (χ2n) is 9.83. The zero-order valence-electron chi connectivity index (χ0n) is 22.6. The molecular formula is C24H61N7. The Bertz CT molecular complexity index is 317. The number of hydrogen-bond donors (Lipinski definition) is 0. The van der Waals surface area contributed by atoms with Gasteiger partial charge in [-0.15, -0.1) is 0 Å². The van der Waals surface area contributed by atoms with Crippen molar-refractivity contribution in [2.24, 2.45) is 0 Å². The minimum Gasteiger partial charge on any atom is -0.309 e. The lowest BCUT2D eigenvalue weighted by molar-refractivity contribution is 0.239. The lowest BCUT2D eigenvalue weighted by Gasteiger charge is -2.23. The fourth-order valence-corrected chi connectivity index (χ4v) is 2.73. The summed E-state index contributed by atoms with van der Waals surface area (Å²) < 4.78 is 0. The van der Waals surface area contributed by atoms with Crippen molar-refractivity contribution in [2.75, 3.05) is 143 Å². The van der Waals surface area contributed by atoms with Crippen molar-refractivity contribution in [1.29, 1.82) is 0 Å². The third-order valence-electron chi connectivity index (χ3n) is 5.01. The molecule has 0 bridgehead atoms. The highest BCUT2D eigenvalue weighted by atomic mass is 15.2. The monoisotopic (exact) mass is 447 g/mol. The fourth-order valence-electron chi connectivity index (χ4n) is 2.73. The molecule has 0 aliphatic carbocycles. The number of nitrogens with zero attached hydrogens (tertiary/aromatic N) is 7. The van der Waals surface area contributed by atoms with E-state index in [9.17, 15) is 0 Å². The van der Waals surface area contributed by atoms with Crippen LogP contribution >= 0.6 is 0 Å². The average Bonchev–Trinajstić information content (AvgIpc) is 2.63. The van der Waals surface area contributed by atoms with E-state index in [0.29, 0.717) is 0 Å². The van der Waals surface area contributed by atoms with Crippen molar-refractivity contribution in [3.05, 3.63) is 0 Å². The zero-order valence-corrected chi connectivity index (χ0v) is 22.6. The number of rotatable bonds is 17. The van der Waals surface area contributed by atoms with E-state index in [1.807, 2.05) is 0 Å². The fraction of sp³-hybridized carbons (Fsp3) is 1.00. The predicted octanol–water partition coefficient (Wildman–Crippen LogP) is 1.43. The van der Waals surface area contributed by atoms with Crippen LogP contribution in [0.4, 0.5) is 0 Å². The van der Waals surface area contributed by atoms with Gasteiger partial charge < -0.3 is 34.3 Å². The molecule has 0 atom stereocenters. The molecule has 31 heavy (non-hydrogen) atoms. The summed E-state index contributed by atoms with van der Waals surface area (Å²) >= 11 is 0. The maximum atomic E-state index is 2.44. The first-order chi connectivity index (χ1) is 13.9. The predicted molar refractivity (Wildman–Crippen MR) is 143 cm³/mol. The summed E-state index contributed by atoms with van der Waals surface area (Å²) in [5.74, 6) is 0. The molecule has 0 saturated carbocycles. The van der Waals surface area contributed by atoms with Crippen LogP contribution in [0, 0.1) is 0 Å². The van der Waals surface area contributed by atoms with E-state index in [-0.39, 0.29) is 7.43 Å². The molecule has 192 valence electrons. The summed E-state index contributed by atoms with van der Waals surface area (Å²) in [6.07, 6.45) is 2.52. The van der Waals surface area contributed by atoms with E-state index in [4.69, 9.17) is 0 Å². The molecule has 0 aliphatic heterocycles. The lowest BCUT2D eigenvalue weighted by Crippen LogP contribution is -2.33. The minimum absolute atomic E-state index is 0. The van der Waals surface area contributed by atoms with Crippen molar-refractivity contribution >= 4 is 0 Å². The Hall–Kier alpha value is -0.280. The standard InChI is InChI=1S/C14H34N4.C9H23N3.CH4/c1-15(2)9-7-11-17(5)13-14-18(6)12-8-10-16(3)4;1-10(2)6-8-12(5)9-7-11(3)4;/h7-14H2,1-6H3;6-9H2,1-5H3;1H4. The molecule has 0 heterocycles. The van der Waals surface area contributed by atoms with Crippen LogP contribution in [0.15, 0.2) is 0 Å². The first-order valence-corrected chi connectivity index (χ1v) is 11.6. The van der Waals surface area contributed by atoms with Crippen LogP contribution in [0.25, 0.3) is 0 Å². The van der Waals surface area contributed by atoms with E-state index < -0.39 is 0 Å². The number of likely N-dealkylation sites (N-methyl/N-ethyl adjacent to an activating group) is 5. The van der Waals surface area contributed by atoms with E-state index in [1.54, 1.807) is 0 Å². The second-order valence-corrected chi connectivity index (χ2v) is 9.83. The molecule has 0 spiro atoms. The summed E-state index contributed by atoms with van der Waals surface area (Å²) in [4.78, 5) is 16.2. The van der Waals surface area contributed by atoms with Gasteiger partial charge >= 0.3 is 0 Å². The molecule has 0 aromatic rings. The first-order valence-electron chi connectivity index (χ1n) is 11.6. The largest absolute Gasteiger partial charge is 0.309 e. The molecule has 0 saturated heterocycles. The second kappa shape index (κ2) is 22.9. The van der Waals surface area contributed by atoms with Gasteiger partial charge in [0.25, 0.3) is 0 Å². The van der Waals surface area contributed by atoms with Crippen molar-refractivity contribution in [3.63, 3.8) is 0 Å². The SMILES string of the molecule is C.CN(C)CCCN(C)CCN(C)CCCN(C)C.CN(C)CCN(C)CCN(C)C. The highest BCUT2D eigenvalue weighted by Gasteiger charge is 2.03. The Morgan fingerprint density at radius 1 is 0.290 bits per heavy atom. The van der Waals surface area contributed by atoms with Crippen molar-refractivity contribution < 1.29 is 0 Å². The molecule has 0 amide bonds. The first kappa shape index (κ1) is 35.3. The zero-order chi connectivity index (χ0) is 23.5. The van der Waals surface area contributed by atoms with E-state index in [1.165, 1.54) is 52.1 Å². The molecule has 0 aromatic carbocycles. The van der Waals surface area contributed by atoms with Gasteiger partial charge in [0.1, 0.15) is 0 Å². The van der Waals surface area contributed by atoms with Crippen LogP contribution in [0.2, 0.25) is 0 Å². The Morgan fingerprint density at radius 3 is 0.774 bits per heavy atom. The summed E-state index contributed by atoms with van der Waals surface area (Å²) in [6.45, 7) is 11.7. The van der Waals surface area contributed by atoms with E-state index >= 15 is 0 Å². The van der Waals surface area contributed by atoms with Crippen LogP contribution < -0.4 is 0 Å². The molecule has 7 heteroatoms. The van der Waals surface area contributed by atoms with Crippen LogP contribution in [-0.4, -0.2) is 177 Å². The summed E-state index contributed by atoms with van der Waals surface area (Å²) in [5, 5.41) is 0. The Morgan fingerprint density at radius 2 is 0.516 bits per heavy atom. The minimum atomic E-state index is 0. The molecular weight excluding hydrogens is 386 g/mol. The van der Waals surface area contributed by atoms with Gasteiger partial charge in [-0.1, -0.05) is 7.43 Å². The Labute approximate surface area is 197 Å². The summed E-state index contributed by atoms with van der Waals surface area (Å²) in [6, 6.07) is 0. The molecule has 0 N–H and O–H groups in total. The van der Waals surface area contributed by atoms with Crippen LogP contribution in [0.5, 0.6) is 0 Å². The van der Waals surface area contributed by atoms with E-state index in [2.05, 4.69) is 112 Å². The highest BCUT2D eigenvalue weighted by Crippen LogP contribution is 1.93. The Balaban J connectivity index is -0.000000528. The molecule has 0 fully saturated rings. The van der Waals surface area contributed by atoms with Gasteiger partial charge in [0, 0.05) is 39.3 Å². The van der Waals surface area contributed by atoms with Gasteiger partial charge in [0.2, 0.25) is 0 Å². The molecule has 0 unspecified atom stereocenters. The smallest absolute Gasteiger partial charge is 0.0107 e. The average molecular weight is 448 g/mol. The molecule has 0 radical (unpaired) electrons. The summed E-state index contributed by atoms with van der Waals surface area (Å²) in [5.41, 5.74) is 0. The summed E-state index contributed by atoms with van der Waals surface area (Å²) in [7, 11) is 23.6.